The van der Waals surface area contributed by atoms with E-state index in [1.165, 1.54) is 6.07 Å². The second-order valence-electron chi connectivity index (χ2n) is 4.05. The molecule has 3 N–H and O–H groups in total. The van der Waals surface area contributed by atoms with E-state index in [-0.39, 0.29) is 11.7 Å². The maximum atomic E-state index is 13.8. The van der Waals surface area contributed by atoms with Crippen molar-refractivity contribution in [2.45, 2.75) is 13.8 Å². The Hall–Kier alpha value is -2.14. The highest BCUT2D eigenvalue weighted by Crippen LogP contribution is 2.22. The van der Waals surface area contributed by atoms with Crippen molar-refractivity contribution in [1.29, 1.82) is 0 Å². The van der Waals surface area contributed by atoms with Crippen LogP contribution in [0.25, 0.3) is 5.69 Å². The van der Waals surface area contributed by atoms with E-state index in [0.29, 0.717) is 16.9 Å². The average molecular weight is 247 g/mol. The lowest BCUT2D eigenvalue weighted by Crippen LogP contribution is -2.30. The van der Waals surface area contributed by atoms with Crippen molar-refractivity contribution in [2.75, 3.05) is 0 Å². The van der Waals surface area contributed by atoms with Crippen LogP contribution in [0.1, 0.15) is 21.7 Å². The van der Waals surface area contributed by atoms with Crippen LogP contribution in [0.3, 0.4) is 0 Å². The summed E-state index contributed by atoms with van der Waals surface area (Å²) >= 11 is 0. The van der Waals surface area contributed by atoms with E-state index in [1.807, 2.05) is 6.92 Å². The molecule has 2 rings (SSSR count). The lowest BCUT2D eigenvalue weighted by Gasteiger charge is -2.10. The molecule has 4 nitrogen and oxygen atoms in total. The number of rotatable bonds is 2. The molecule has 0 bridgehead atoms. The molecule has 0 saturated carbocycles. The van der Waals surface area contributed by atoms with Crippen molar-refractivity contribution in [3.63, 3.8) is 0 Å². The van der Waals surface area contributed by atoms with Gasteiger partial charge in [-0.15, -0.1) is 0 Å². The number of hydrogen-bond acceptors (Lipinski definition) is 2. The normalized spacial score (nSPS) is 10.4. The molecule has 2 aromatic rings. The van der Waals surface area contributed by atoms with Gasteiger partial charge >= 0.3 is 0 Å². The first-order valence-corrected chi connectivity index (χ1v) is 5.51. The number of para-hydroxylation sites is 1. The molecule has 18 heavy (non-hydrogen) atoms. The van der Waals surface area contributed by atoms with Crippen LogP contribution >= 0.6 is 0 Å². The van der Waals surface area contributed by atoms with Gasteiger partial charge in [0.1, 0.15) is 5.82 Å². The molecule has 0 unspecified atom stereocenters. The molecule has 1 aromatic heterocycles. The zero-order valence-electron chi connectivity index (χ0n) is 10.2. The summed E-state index contributed by atoms with van der Waals surface area (Å²) < 4.78 is 15.5. The van der Waals surface area contributed by atoms with Gasteiger partial charge in [0.25, 0.3) is 5.91 Å². The minimum atomic E-state index is -0.384. The summed E-state index contributed by atoms with van der Waals surface area (Å²) in [5.41, 5.74) is 4.37. The number of hydrogen-bond donors (Lipinski definition) is 2. The van der Waals surface area contributed by atoms with Gasteiger partial charge in [0.15, 0.2) is 0 Å². The summed E-state index contributed by atoms with van der Waals surface area (Å²) in [6, 6.07) is 8.11. The predicted octanol–water partition coefficient (Wildman–Crippen LogP) is 1.84. The maximum absolute atomic E-state index is 13.8. The summed E-state index contributed by atoms with van der Waals surface area (Å²) in [5, 5.41) is 0. The fourth-order valence-corrected chi connectivity index (χ4v) is 2.07. The van der Waals surface area contributed by atoms with Gasteiger partial charge in [0.2, 0.25) is 0 Å². The van der Waals surface area contributed by atoms with Crippen molar-refractivity contribution in [3.8, 4) is 5.69 Å². The molecule has 1 aromatic carbocycles. The van der Waals surface area contributed by atoms with Crippen molar-refractivity contribution < 1.29 is 9.18 Å². The number of nitrogens with two attached hydrogens (primary N) is 1. The van der Waals surface area contributed by atoms with Crippen LogP contribution in [-0.4, -0.2) is 10.5 Å². The Morgan fingerprint density at radius 2 is 2.00 bits per heavy atom. The number of aryl methyl sites for hydroxylation is 1. The van der Waals surface area contributed by atoms with Gasteiger partial charge in [-0.2, -0.15) is 0 Å². The molecule has 1 heterocycles. The summed E-state index contributed by atoms with van der Waals surface area (Å²) in [5.74, 6) is 4.40. The lowest BCUT2D eigenvalue weighted by atomic mass is 10.2. The molecule has 0 spiro atoms. The van der Waals surface area contributed by atoms with Gasteiger partial charge in [-0.05, 0) is 32.0 Å². The van der Waals surface area contributed by atoms with Crippen LogP contribution in [0.2, 0.25) is 0 Å². The minimum Gasteiger partial charge on any atom is -0.315 e. The molecule has 1 amide bonds. The predicted molar refractivity (Wildman–Crippen MR) is 66.9 cm³/mol. The molecular formula is C13H14FN3O. The second kappa shape index (κ2) is 4.62. The highest BCUT2D eigenvalue weighted by Gasteiger charge is 2.17. The SMILES string of the molecule is Cc1cc(C(=O)NN)c(C)n1-c1ccccc1F. The number of amides is 1. The number of benzene rings is 1. The maximum Gasteiger partial charge on any atom is 0.267 e. The largest absolute Gasteiger partial charge is 0.315 e. The Labute approximate surface area is 104 Å². The van der Waals surface area contributed by atoms with E-state index in [9.17, 15) is 9.18 Å². The third-order valence-corrected chi connectivity index (χ3v) is 2.90. The smallest absolute Gasteiger partial charge is 0.267 e. The quantitative estimate of drug-likeness (QED) is 0.483. The topological polar surface area (TPSA) is 60.1 Å². The van der Waals surface area contributed by atoms with Gasteiger partial charge in [0.05, 0.1) is 11.3 Å². The molecule has 0 aliphatic heterocycles. The highest BCUT2D eigenvalue weighted by atomic mass is 19.1. The number of aromatic nitrogens is 1. The molecular weight excluding hydrogens is 233 g/mol. The molecule has 0 radical (unpaired) electrons. The summed E-state index contributed by atoms with van der Waals surface area (Å²) in [6.07, 6.45) is 0. The van der Waals surface area contributed by atoms with E-state index in [2.05, 4.69) is 5.43 Å². The Morgan fingerprint density at radius 1 is 1.33 bits per heavy atom. The minimum absolute atomic E-state index is 0.334. The molecule has 0 saturated heterocycles. The third-order valence-electron chi connectivity index (χ3n) is 2.90. The van der Waals surface area contributed by atoms with E-state index >= 15 is 0 Å². The van der Waals surface area contributed by atoms with Crippen LogP contribution in [0, 0.1) is 19.7 Å². The van der Waals surface area contributed by atoms with Crippen LogP contribution in [0.4, 0.5) is 4.39 Å². The standard InChI is InChI=1S/C13H14FN3O/c1-8-7-10(13(18)16-15)9(2)17(8)12-6-4-3-5-11(12)14/h3-7H,15H2,1-2H3,(H,16,18). The van der Waals surface area contributed by atoms with Gasteiger partial charge < -0.3 is 4.57 Å². The number of carbonyl (C=O) groups is 1. The Balaban J connectivity index is 2.63. The molecule has 0 aliphatic carbocycles. The Morgan fingerprint density at radius 3 is 2.61 bits per heavy atom. The van der Waals surface area contributed by atoms with Crippen molar-refractivity contribution in [3.05, 3.63) is 53.1 Å². The number of halogens is 1. The monoisotopic (exact) mass is 247 g/mol. The molecule has 0 atom stereocenters. The van der Waals surface area contributed by atoms with Crippen LogP contribution < -0.4 is 11.3 Å². The molecule has 5 heteroatoms. The summed E-state index contributed by atoms with van der Waals surface area (Å²) in [7, 11) is 0. The van der Waals surface area contributed by atoms with Gasteiger partial charge in [-0.25, -0.2) is 10.2 Å². The van der Waals surface area contributed by atoms with E-state index in [0.717, 1.165) is 5.69 Å². The van der Waals surface area contributed by atoms with Crippen LogP contribution in [0.15, 0.2) is 30.3 Å². The fraction of sp³-hybridized carbons (Fsp3) is 0.154. The number of nitrogen functional groups attached to an aromatic ring is 1. The first-order valence-electron chi connectivity index (χ1n) is 5.51. The average Bonchev–Trinajstić information content (AvgIpc) is 2.65. The van der Waals surface area contributed by atoms with E-state index < -0.39 is 0 Å². The number of hydrazine groups is 1. The zero-order chi connectivity index (χ0) is 13.3. The van der Waals surface area contributed by atoms with Crippen LogP contribution in [-0.2, 0) is 0 Å². The van der Waals surface area contributed by atoms with Crippen molar-refractivity contribution in [2.24, 2.45) is 5.84 Å². The van der Waals surface area contributed by atoms with Gasteiger partial charge in [0, 0.05) is 11.4 Å². The van der Waals surface area contributed by atoms with Gasteiger partial charge in [-0.3, -0.25) is 10.2 Å². The third kappa shape index (κ3) is 1.89. The van der Waals surface area contributed by atoms with Crippen molar-refractivity contribution >= 4 is 5.91 Å². The van der Waals surface area contributed by atoms with Crippen LogP contribution in [0.5, 0.6) is 0 Å². The number of nitrogens with one attached hydrogen (secondary N) is 1. The second-order valence-corrected chi connectivity index (χ2v) is 4.05. The number of nitrogens with zero attached hydrogens (tertiary/aromatic N) is 1. The fourth-order valence-electron chi connectivity index (χ4n) is 2.07. The van der Waals surface area contributed by atoms with Gasteiger partial charge in [-0.1, -0.05) is 12.1 Å². The highest BCUT2D eigenvalue weighted by molar-refractivity contribution is 5.95. The van der Waals surface area contributed by atoms with Crippen molar-refractivity contribution in [1.82, 2.24) is 9.99 Å². The Bertz CT molecular complexity index is 604. The lowest BCUT2D eigenvalue weighted by molar-refractivity contribution is 0.0953. The molecule has 0 aliphatic rings. The molecule has 94 valence electrons. The first-order chi connectivity index (χ1) is 8.56. The first kappa shape index (κ1) is 12.3. The van der Waals surface area contributed by atoms with E-state index in [4.69, 9.17) is 5.84 Å². The summed E-state index contributed by atoms with van der Waals surface area (Å²) in [6.45, 7) is 3.57. The number of carbonyl (C=O) groups excluding carboxylic acids is 1. The zero-order valence-corrected chi connectivity index (χ0v) is 10.2. The molecule has 0 fully saturated rings. The summed E-state index contributed by atoms with van der Waals surface area (Å²) in [4.78, 5) is 11.6. The van der Waals surface area contributed by atoms with E-state index in [1.54, 1.807) is 35.8 Å². The Kier molecular flexibility index (Phi) is 3.16.